The molecule has 0 amide bonds. The van der Waals surface area contributed by atoms with Crippen molar-refractivity contribution in [3.63, 3.8) is 0 Å². The molecule has 0 aromatic heterocycles. The number of carbonyl (C=O) groups excluding carboxylic acids is 2. The molecule has 0 N–H and O–H groups in total. The van der Waals surface area contributed by atoms with Crippen molar-refractivity contribution in [1.29, 1.82) is 0 Å². The van der Waals surface area contributed by atoms with Crippen molar-refractivity contribution in [2.75, 3.05) is 20.2 Å². The zero-order valence-electron chi connectivity index (χ0n) is 14.7. The van der Waals surface area contributed by atoms with Crippen LogP contribution in [0.4, 0.5) is 0 Å². The Morgan fingerprint density at radius 2 is 1.69 bits per heavy atom. The highest BCUT2D eigenvalue weighted by Gasteiger charge is 2.46. The molecule has 1 saturated heterocycles. The molecule has 0 saturated carbocycles. The quantitative estimate of drug-likeness (QED) is 0.798. The van der Waals surface area contributed by atoms with Crippen LogP contribution >= 0.6 is 0 Å². The zero-order chi connectivity index (χ0) is 18.1. The molecule has 0 bridgehead atoms. The molecule has 1 aliphatic heterocycles. The van der Waals surface area contributed by atoms with E-state index in [2.05, 4.69) is 11.0 Å². The van der Waals surface area contributed by atoms with Crippen molar-refractivity contribution in [2.45, 2.75) is 6.04 Å². The summed E-state index contributed by atoms with van der Waals surface area (Å²) in [5.74, 6) is -0.0362. The van der Waals surface area contributed by atoms with Gasteiger partial charge in [-0.25, -0.2) is 4.79 Å². The number of fused-ring (bicyclic) bond motifs is 1. The summed E-state index contributed by atoms with van der Waals surface area (Å²) in [5, 5.41) is 0. The van der Waals surface area contributed by atoms with Crippen molar-refractivity contribution in [3.8, 4) is 0 Å². The number of benzene rings is 2. The summed E-state index contributed by atoms with van der Waals surface area (Å²) in [4.78, 5) is 27.4. The Bertz CT molecular complexity index is 844. The van der Waals surface area contributed by atoms with Crippen LogP contribution in [0.3, 0.4) is 0 Å². The maximum Gasteiger partial charge on any atom is 0.327 e. The lowest BCUT2D eigenvalue weighted by molar-refractivity contribution is -0.147. The number of hydrogen-bond donors (Lipinski definition) is 0. The standard InChI is InChI=1S/C22H21NO3/c1-26-22(25)20(16-10-6-3-7-11-16)23-13-17-12-18(21(24)19(17)14-23)15-8-4-2-5-9-15/h2-12,17,19-20H,13-14H2,1H3/t17-,19+,20-/m1/s1. The highest BCUT2D eigenvalue weighted by molar-refractivity contribution is 6.24. The van der Waals surface area contributed by atoms with E-state index in [1.54, 1.807) is 0 Å². The normalized spacial score (nSPS) is 23.4. The van der Waals surface area contributed by atoms with Crippen molar-refractivity contribution in [1.82, 2.24) is 4.90 Å². The lowest BCUT2D eigenvalue weighted by Gasteiger charge is -2.26. The van der Waals surface area contributed by atoms with Crippen LogP contribution in [0.1, 0.15) is 17.2 Å². The van der Waals surface area contributed by atoms with Crippen LogP contribution in [0.15, 0.2) is 66.7 Å². The van der Waals surface area contributed by atoms with Gasteiger partial charge in [-0.05, 0) is 11.1 Å². The Balaban J connectivity index is 1.60. The van der Waals surface area contributed by atoms with Gasteiger partial charge >= 0.3 is 5.97 Å². The average Bonchev–Trinajstić information content (AvgIpc) is 3.23. The fourth-order valence-electron chi connectivity index (χ4n) is 4.11. The first-order valence-electron chi connectivity index (χ1n) is 8.87. The summed E-state index contributed by atoms with van der Waals surface area (Å²) in [6.45, 7) is 1.26. The molecule has 2 aromatic rings. The van der Waals surface area contributed by atoms with Gasteiger partial charge in [0.05, 0.1) is 7.11 Å². The van der Waals surface area contributed by atoms with Crippen molar-refractivity contribution in [3.05, 3.63) is 77.9 Å². The summed E-state index contributed by atoms with van der Waals surface area (Å²) in [5.41, 5.74) is 2.69. The van der Waals surface area contributed by atoms with Gasteiger partial charge in [0.15, 0.2) is 5.78 Å². The third-order valence-electron chi connectivity index (χ3n) is 5.37. The minimum atomic E-state index is -0.465. The first-order chi connectivity index (χ1) is 12.7. The molecule has 2 aromatic carbocycles. The lowest BCUT2D eigenvalue weighted by Crippen LogP contribution is -2.34. The summed E-state index contributed by atoms with van der Waals surface area (Å²) < 4.78 is 5.04. The van der Waals surface area contributed by atoms with Gasteiger partial charge in [0, 0.05) is 30.5 Å². The fourth-order valence-corrected chi connectivity index (χ4v) is 4.11. The number of ether oxygens (including phenoxy) is 1. The smallest absolute Gasteiger partial charge is 0.327 e. The topological polar surface area (TPSA) is 46.6 Å². The molecule has 26 heavy (non-hydrogen) atoms. The molecule has 3 atom stereocenters. The van der Waals surface area contributed by atoms with Gasteiger partial charge in [-0.3, -0.25) is 9.69 Å². The highest BCUT2D eigenvalue weighted by atomic mass is 16.5. The molecule has 1 heterocycles. The Kier molecular flexibility index (Phi) is 4.43. The Morgan fingerprint density at radius 3 is 2.31 bits per heavy atom. The molecule has 4 heteroatoms. The minimum Gasteiger partial charge on any atom is -0.468 e. The maximum absolute atomic E-state index is 12.9. The van der Waals surface area contributed by atoms with E-state index in [0.717, 1.165) is 16.7 Å². The van der Waals surface area contributed by atoms with Crippen LogP contribution in [0, 0.1) is 11.8 Å². The van der Waals surface area contributed by atoms with Crippen molar-refractivity contribution < 1.29 is 14.3 Å². The van der Waals surface area contributed by atoms with Crippen LogP contribution < -0.4 is 0 Å². The molecule has 4 nitrogen and oxygen atoms in total. The van der Waals surface area contributed by atoms with Crippen molar-refractivity contribution >= 4 is 17.3 Å². The predicted octanol–water partition coefficient (Wildman–Crippen LogP) is 3.12. The second-order valence-electron chi connectivity index (χ2n) is 6.87. The van der Waals surface area contributed by atoms with Gasteiger partial charge in [0.25, 0.3) is 0 Å². The lowest BCUT2D eigenvalue weighted by atomic mass is 9.97. The van der Waals surface area contributed by atoms with E-state index in [0.29, 0.717) is 13.1 Å². The van der Waals surface area contributed by atoms with E-state index in [-0.39, 0.29) is 23.6 Å². The molecule has 1 fully saturated rings. The third kappa shape index (κ3) is 2.86. The summed E-state index contributed by atoms with van der Waals surface area (Å²) in [6, 6.07) is 19.0. The monoisotopic (exact) mass is 347 g/mol. The molecule has 132 valence electrons. The van der Waals surface area contributed by atoms with Crippen LogP contribution in [0.25, 0.3) is 5.57 Å². The number of rotatable bonds is 4. The van der Waals surface area contributed by atoms with Crippen LogP contribution in [0.2, 0.25) is 0 Å². The number of allylic oxidation sites excluding steroid dienone is 1. The van der Waals surface area contributed by atoms with Gasteiger partial charge in [0.2, 0.25) is 0 Å². The molecule has 4 rings (SSSR count). The SMILES string of the molecule is COC(=O)[C@@H](c1ccccc1)N1C[C@H]2C=C(c3ccccc3)C(=O)[C@H]2C1. The van der Waals surface area contributed by atoms with Gasteiger partial charge < -0.3 is 4.74 Å². The first-order valence-corrected chi connectivity index (χ1v) is 8.87. The molecule has 0 radical (unpaired) electrons. The number of hydrogen-bond acceptors (Lipinski definition) is 4. The number of carbonyl (C=O) groups is 2. The van der Waals surface area contributed by atoms with Crippen LogP contribution in [-0.2, 0) is 14.3 Å². The van der Waals surface area contributed by atoms with E-state index < -0.39 is 6.04 Å². The van der Waals surface area contributed by atoms with Gasteiger partial charge in [-0.15, -0.1) is 0 Å². The molecular formula is C22H21NO3. The zero-order valence-corrected chi connectivity index (χ0v) is 14.7. The maximum atomic E-state index is 12.9. The number of likely N-dealkylation sites (tertiary alicyclic amines) is 1. The second-order valence-corrected chi connectivity index (χ2v) is 6.87. The van der Waals surface area contributed by atoms with Gasteiger partial charge in [0.1, 0.15) is 6.04 Å². The number of esters is 1. The number of Topliss-reactive ketones (excluding diaryl/α,β-unsaturated/α-hetero) is 1. The largest absolute Gasteiger partial charge is 0.468 e. The van der Waals surface area contributed by atoms with Crippen LogP contribution in [-0.4, -0.2) is 36.9 Å². The average molecular weight is 347 g/mol. The number of methoxy groups -OCH3 is 1. The van der Waals surface area contributed by atoms with Crippen molar-refractivity contribution in [2.24, 2.45) is 11.8 Å². The Morgan fingerprint density at radius 1 is 1.04 bits per heavy atom. The molecule has 1 aliphatic carbocycles. The van der Waals surface area contributed by atoms with Gasteiger partial charge in [-0.2, -0.15) is 0 Å². The Hall–Kier alpha value is -2.72. The third-order valence-corrected chi connectivity index (χ3v) is 5.37. The molecule has 2 aliphatic rings. The molecule has 0 unspecified atom stereocenters. The van der Waals surface area contributed by atoms with E-state index in [1.165, 1.54) is 7.11 Å². The second kappa shape index (κ2) is 6.89. The van der Waals surface area contributed by atoms with E-state index in [9.17, 15) is 9.59 Å². The molecule has 0 spiro atoms. The number of ketones is 1. The number of nitrogens with zero attached hydrogens (tertiary/aromatic N) is 1. The van der Waals surface area contributed by atoms with E-state index in [4.69, 9.17) is 4.74 Å². The minimum absolute atomic E-state index is 0.0823. The molecular weight excluding hydrogens is 326 g/mol. The Labute approximate surface area is 153 Å². The summed E-state index contributed by atoms with van der Waals surface area (Å²) in [6.07, 6.45) is 2.08. The van der Waals surface area contributed by atoms with Gasteiger partial charge in [-0.1, -0.05) is 66.7 Å². The highest BCUT2D eigenvalue weighted by Crippen LogP contribution is 2.41. The predicted molar refractivity (Wildman–Crippen MR) is 99.2 cm³/mol. The van der Waals surface area contributed by atoms with E-state index in [1.807, 2.05) is 60.7 Å². The first kappa shape index (κ1) is 16.7. The van der Waals surface area contributed by atoms with E-state index >= 15 is 0 Å². The summed E-state index contributed by atoms with van der Waals surface area (Å²) >= 11 is 0. The fraction of sp³-hybridized carbons (Fsp3) is 0.273. The summed E-state index contributed by atoms with van der Waals surface area (Å²) in [7, 11) is 1.41. The van der Waals surface area contributed by atoms with Crippen LogP contribution in [0.5, 0.6) is 0 Å².